The molecule has 3 N–H and O–H groups in total. The maximum absolute atomic E-state index is 11.3. The minimum atomic E-state index is -1.47. The Morgan fingerprint density at radius 3 is 2.23 bits per heavy atom. The third kappa shape index (κ3) is 2.13. The van der Waals surface area contributed by atoms with Crippen LogP contribution in [0.3, 0.4) is 0 Å². The highest BCUT2D eigenvalue weighted by molar-refractivity contribution is 6.11. The molecule has 0 unspecified atom stereocenters. The van der Waals surface area contributed by atoms with Gasteiger partial charge in [0, 0.05) is 5.56 Å². The van der Waals surface area contributed by atoms with Crippen molar-refractivity contribution in [1.82, 2.24) is 0 Å². The van der Waals surface area contributed by atoms with Gasteiger partial charge in [0.25, 0.3) is 0 Å². The molecular formula is C9H9NO3. The number of nitrogens with two attached hydrogens (primary N) is 1. The van der Waals surface area contributed by atoms with Crippen LogP contribution in [-0.2, 0) is 4.79 Å². The number of carboxylic acid groups (broad SMARTS) is 1. The van der Waals surface area contributed by atoms with Crippen LogP contribution in [-0.4, -0.2) is 22.9 Å². The zero-order valence-electron chi connectivity index (χ0n) is 6.81. The first kappa shape index (κ1) is 9.41. The van der Waals surface area contributed by atoms with Crippen LogP contribution in [0, 0.1) is 0 Å². The highest BCUT2D eigenvalue weighted by atomic mass is 16.4. The molecule has 0 saturated carbocycles. The lowest BCUT2D eigenvalue weighted by Crippen LogP contribution is -2.38. The predicted octanol–water partition coefficient (Wildman–Crippen LogP) is 0.281. The molecule has 4 heteroatoms. The fourth-order valence-electron chi connectivity index (χ4n) is 0.894. The van der Waals surface area contributed by atoms with Crippen LogP contribution >= 0.6 is 0 Å². The lowest BCUT2D eigenvalue weighted by Gasteiger charge is -2.04. The second-order valence-corrected chi connectivity index (χ2v) is 2.55. The molecule has 0 heterocycles. The molecule has 4 nitrogen and oxygen atoms in total. The van der Waals surface area contributed by atoms with Crippen LogP contribution in [0.5, 0.6) is 0 Å². The number of hydrogen-bond donors (Lipinski definition) is 2. The second kappa shape index (κ2) is 3.82. The number of hydrogen-bond acceptors (Lipinski definition) is 3. The Balaban J connectivity index is 2.86. The highest BCUT2D eigenvalue weighted by Gasteiger charge is 2.21. The van der Waals surface area contributed by atoms with Gasteiger partial charge < -0.3 is 10.8 Å². The summed E-state index contributed by atoms with van der Waals surface area (Å²) in [5.74, 6) is -1.89. The van der Waals surface area contributed by atoms with Crippen molar-refractivity contribution >= 4 is 11.8 Å². The van der Waals surface area contributed by atoms with Crippen molar-refractivity contribution in [3.8, 4) is 0 Å². The summed E-state index contributed by atoms with van der Waals surface area (Å²) in [7, 11) is 0. The molecule has 0 fully saturated rings. The van der Waals surface area contributed by atoms with Gasteiger partial charge >= 0.3 is 5.97 Å². The van der Waals surface area contributed by atoms with Gasteiger partial charge in [-0.1, -0.05) is 30.3 Å². The quantitative estimate of drug-likeness (QED) is 0.516. The van der Waals surface area contributed by atoms with E-state index in [9.17, 15) is 9.59 Å². The first-order valence-corrected chi connectivity index (χ1v) is 3.70. The lowest BCUT2D eigenvalue weighted by molar-refractivity contribution is -0.137. The Hall–Kier alpha value is -1.68. The molecular weight excluding hydrogens is 170 g/mol. The van der Waals surface area contributed by atoms with Gasteiger partial charge in [-0.15, -0.1) is 0 Å². The van der Waals surface area contributed by atoms with E-state index in [2.05, 4.69) is 0 Å². The van der Waals surface area contributed by atoms with Crippen molar-refractivity contribution in [1.29, 1.82) is 0 Å². The summed E-state index contributed by atoms with van der Waals surface area (Å²) in [6.07, 6.45) is 0. The number of carbonyl (C=O) groups is 2. The normalized spacial score (nSPS) is 12.1. The maximum Gasteiger partial charge on any atom is 0.328 e. The molecule has 0 bridgehead atoms. The van der Waals surface area contributed by atoms with Crippen LogP contribution in [0.15, 0.2) is 30.3 Å². The van der Waals surface area contributed by atoms with E-state index in [1.54, 1.807) is 18.2 Å². The lowest BCUT2D eigenvalue weighted by atomic mass is 10.1. The fraction of sp³-hybridized carbons (Fsp3) is 0.111. The van der Waals surface area contributed by atoms with Gasteiger partial charge in [-0.25, -0.2) is 0 Å². The minimum Gasteiger partial charge on any atom is -0.480 e. The minimum absolute atomic E-state index is 0.317. The number of benzene rings is 1. The maximum atomic E-state index is 11.3. The molecule has 13 heavy (non-hydrogen) atoms. The first-order chi connectivity index (χ1) is 6.13. The zero-order chi connectivity index (χ0) is 9.84. The topological polar surface area (TPSA) is 80.4 Å². The largest absolute Gasteiger partial charge is 0.480 e. The first-order valence-electron chi connectivity index (χ1n) is 3.70. The van der Waals surface area contributed by atoms with Crippen LogP contribution < -0.4 is 5.73 Å². The van der Waals surface area contributed by atoms with Crippen molar-refractivity contribution in [2.24, 2.45) is 5.73 Å². The molecule has 1 aromatic carbocycles. The summed E-state index contributed by atoms with van der Waals surface area (Å²) >= 11 is 0. The van der Waals surface area contributed by atoms with Crippen molar-refractivity contribution < 1.29 is 14.7 Å². The van der Waals surface area contributed by atoms with Crippen LogP contribution in [0.4, 0.5) is 0 Å². The van der Waals surface area contributed by atoms with E-state index in [0.717, 1.165) is 0 Å². The van der Waals surface area contributed by atoms with Gasteiger partial charge in [0.15, 0.2) is 11.8 Å². The highest BCUT2D eigenvalue weighted by Crippen LogP contribution is 2.01. The van der Waals surface area contributed by atoms with E-state index in [4.69, 9.17) is 10.8 Å². The van der Waals surface area contributed by atoms with Gasteiger partial charge in [-0.3, -0.25) is 9.59 Å². The number of carbonyl (C=O) groups excluding carboxylic acids is 1. The standard InChI is InChI=1S/C9H9NO3/c10-7(9(12)13)8(11)6-4-2-1-3-5-6/h1-5,7H,10H2,(H,12,13)/t7-/m1/s1. The Morgan fingerprint density at radius 1 is 1.23 bits per heavy atom. The van der Waals surface area contributed by atoms with E-state index in [-0.39, 0.29) is 0 Å². The van der Waals surface area contributed by atoms with Crippen LogP contribution in [0.25, 0.3) is 0 Å². The van der Waals surface area contributed by atoms with E-state index >= 15 is 0 Å². The fourth-order valence-corrected chi connectivity index (χ4v) is 0.894. The van der Waals surface area contributed by atoms with Gasteiger partial charge in [0.1, 0.15) is 0 Å². The number of ketones is 1. The molecule has 1 aromatic rings. The zero-order valence-corrected chi connectivity index (χ0v) is 6.81. The Labute approximate surface area is 75.0 Å². The molecule has 0 aliphatic carbocycles. The molecule has 0 aliphatic heterocycles. The number of rotatable bonds is 3. The smallest absolute Gasteiger partial charge is 0.328 e. The Morgan fingerprint density at radius 2 is 1.77 bits per heavy atom. The molecule has 0 amide bonds. The predicted molar refractivity (Wildman–Crippen MR) is 46.4 cm³/mol. The summed E-state index contributed by atoms with van der Waals surface area (Å²) in [5, 5.41) is 8.47. The van der Waals surface area contributed by atoms with E-state index in [0.29, 0.717) is 5.56 Å². The van der Waals surface area contributed by atoms with Crippen LogP contribution in [0.1, 0.15) is 10.4 Å². The Bertz CT molecular complexity index is 321. The monoisotopic (exact) mass is 179 g/mol. The second-order valence-electron chi connectivity index (χ2n) is 2.55. The Kier molecular flexibility index (Phi) is 2.76. The number of aliphatic carboxylic acids is 1. The van der Waals surface area contributed by atoms with E-state index in [1.165, 1.54) is 12.1 Å². The summed E-state index contributed by atoms with van der Waals surface area (Å²) in [4.78, 5) is 21.6. The molecule has 0 spiro atoms. The SMILES string of the molecule is N[C@@H](C(=O)O)C(=O)c1ccccc1. The van der Waals surface area contributed by atoms with E-state index in [1.807, 2.05) is 0 Å². The van der Waals surface area contributed by atoms with Crippen molar-refractivity contribution in [3.05, 3.63) is 35.9 Å². The van der Waals surface area contributed by atoms with Crippen molar-refractivity contribution in [2.45, 2.75) is 6.04 Å². The molecule has 0 saturated heterocycles. The number of Topliss-reactive ketones (excluding diaryl/α,β-unsaturated/α-hetero) is 1. The third-order valence-corrected chi connectivity index (χ3v) is 1.61. The molecule has 1 atom stereocenters. The summed E-state index contributed by atoms with van der Waals surface area (Å²) in [6.45, 7) is 0. The molecule has 0 aliphatic rings. The number of carboxylic acids is 1. The summed E-state index contributed by atoms with van der Waals surface area (Å²) in [6, 6.07) is 6.64. The molecule has 0 radical (unpaired) electrons. The van der Waals surface area contributed by atoms with Crippen molar-refractivity contribution in [2.75, 3.05) is 0 Å². The van der Waals surface area contributed by atoms with E-state index < -0.39 is 17.8 Å². The van der Waals surface area contributed by atoms with Gasteiger partial charge in [-0.2, -0.15) is 0 Å². The van der Waals surface area contributed by atoms with Gasteiger partial charge in [0.2, 0.25) is 0 Å². The molecule has 0 aromatic heterocycles. The average Bonchev–Trinajstić information content (AvgIpc) is 2.17. The summed E-state index contributed by atoms with van der Waals surface area (Å²) < 4.78 is 0. The average molecular weight is 179 g/mol. The van der Waals surface area contributed by atoms with Crippen molar-refractivity contribution in [3.63, 3.8) is 0 Å². The molecule has 1 rings (SSSR count). The van der Waals surface area contributed by atoms with Crippen LogP contribution in [0.2, 0.25) is 0 Å². The molecule has 68 valence electrons. The third-order valence-electron chi connectivity index (χ3n) is 1.61. The van der Waals surface area contributed by atoms with Gasteiger partial charge in [-0.05, 0) is 0 Å². The van der Waals surface area contributed by atoms with Gasteiger partial charge in [0.05, 0.1) is 0 Å². The summed E-state index contributed by atoms with van der Waals surface area (Å²) in [5.41, 5.74) is 5.46.